The van der Waals surface area contributed by atoms with Crippen LogP contribution in [0.3, 0.4) is 0 Å². The van der Waals surface area contributed by atoms with Crippen LogP contribution in [-0.4, -0.2) is 27.8 Å². The number of nitrogens with two attached hydrogens (primary N) is 1. The maximum atomic E-state index is 9.74. The first-order chi connectivity index (χ1) is 5.91. The fourth-order valence-corrected chi connectivity index (χ4v) is 2.68. The Kier molecular flexibility index (Phi) is 6.01. The molecule has 0 aromatic carbocycles. The van der Waals surface area contributed by atoms with Crippen molar-refractivity contribution in [1.29, 1.82) is 0 Å². The molecule has 0 fully saturated rings. The number of aliphatic hydroxyl groups is 1. The summed E-state index contributed by atoms with van der Waals surface area (Å²) in [6.45, 7) is 8.71. The third kappa shape index (κ3) is 6.36. The smallest absolute Gasteiger partial charge is 0.0751 e. The average molecular weight is 205 g/mol. The van der Waals surface area contributed by atoms with E-state index in [1.54, 1.807) is 6.92 Å². The van der Waals surface area contributed by atoms with Crippen molar-refractivity contribution in [2.75, 3.05) is 6.54 Å². The van der Waals surface area contributed by atoms with Crippen LogP contribution in [0.5, 0.6) is 0 Å². The molecule has 0 radical (unpaired) electrons. The highest BCUT2D eigenvalue weighted by atomic mass is 32.2. The summed E-state index contributed by atoms with van der Waals surface area (Å²) in [6.07, 6.45) is 1.96. The van der Waals surface area contributed by atoms with E-state index in [-0.39, 0.29) is 0 Å². The molecule has 0 aliphatic heterocycles. The summed E-state index contributed by atoms with van der Waals surface area (Å²) in [4.78, 5) is 0. The van der Waals surface area contributed by atoms with Crippen molar-refractivity contribution in [2.45, 2.75) is 56.6 Å². The Morgan fingerprint density at radius 2 is 1.92 bits per heavy atom. The van der Waals surface area contributed by atoms with Crippen molar-refractivity contribution in [2.24, 2.45) is 5.73 Å². The number of hydrogen-bond donors (Lipinski definition) is 2. The van der Waals surface area contributed by atoms with Gasteiger partial charge in [-0.25, -0.2) is 0 Å². The van der Waals surface area contributed by atoms with Gasteiger partial charge in [-0.15, -0.1) is 0 Å². The van der Waals surface area contributed by atoms with E-state index in [0.29, 0.717) is 17.0 Å². The van der Waals surface area contributed by atoms with Crippen LogP contribution in [0, 0.1) is 0 Å². The summed E-state index contributed by atoms with van der Waals surface area (Å²) in [5, 5.41) is 10.9. The van der Waals surface area contributed by atoms with Crippen LogP contribution in [0.25, 0.3) is 0 Å². The molecule has 13 heavy (non-hydrogen) atoms. The molecule has 80 valence electrons. The zero-order valence-electron chi connectivity index (χ0n) is 9.21. The maximum absolute atomic E-state index is 9.74. The Morgan fingerprint density at radius 1 is 1.38 bits per heavy atom. The molecule has 3 atom stereocenters. The Hall–Kier alpha value is 0.270. The average Bonchev–Trinajstić information content (AvgIpc) is 2.03. The van der Waals surface area contributed by atoms with Gasteiger partial charge in [0.25, 0.3) is 0 Å². The van der Waals surface area contributed by atoms with Gasteiger partial charge in [0.15, 0.2) is 0 Å². The molecule has 0 aromatic rings. The first-order valence-corrected chi connectivity index (χ1v) is 5.93. The van der Waals surface area contributed by atoms with Crippen LogP contribution < -0.4 is 5.73 Å². The molecule has 3 unspecified atom stereocenters. The van der Waals surface area contributed by atoms with Gasteiger partial charge in [-0.1, -0.05) is 20.8 Å². The quantitative estimate of drug-likeness (QED) is 0.697. The summed E-state index contributed by atoms with van der Waals surface area (Å²) in [5.41, 5.74) is 4.76. The van der Waals surface area contributed by atoms with E-state index in [1.165, 1.54) is 6.42 Å². The van der Waals surface area contributed by atoms with Crippen LogP contribution in [0.2, 0.25) is 0 Å². The first kappa shape index (κ1) is 13.3. The molecule has 3 heteroatoms. The monoisotopic (exact) mass is 205 g/mol. The summed E-state index contributed by atoms with van der Waals surface area (Å²) < 4.78 is 0. The lowest BCUT2D eigenvalue weighted by Gasteiger charge is -2.26. The maximum Gasteiger partial charge on any atom is 0.0751 e. The number of thioether (sulfide) groups is 1. The van der Waals surface area contributed by atoms with E-state index < -0.39 is 5.60 Å². The second-order valence-corrected chi connectivity index (χ2v) is 5.95. The summed E-state index contributed by atoms with van der Waals surface area (Å²) in [6, 6.07) is 0. The summed E-state index contributed by atoms with van der Waals surface area (Å²) >= 11 is 1.93. The second-order valence-electron chi connectivity index (χ2n) is 4.07. The molecule has 0 bridgehead atoms. The van der Waals surface area contributed by atoms with E-state index in [1.807, 2.05) is 11.8 Å². The van der Waals surface area contributed by atoms with Gasteiger partial charge in [0.05, 0.1) is 5.60 Å². The minimum atomic E-state index is -0.695. The van der Waals surface area contributed by atoms with Crippen LogP contribution in [-0.2, 0) is 0 Å². The van der Waals surface area contributed by atoms with E-state index in [0.717, 1.165) is 6.42 Å². The van der Waals surface area contributed by atoms with Gasteiger partial charge < -0.3 is 10.8 Å². The molecular weight excluding hydrogens is 182 g/mol. The SMILES string of the molecule is CCC(C)SC(C)CC(C)(O)CN. The van der Waals surface area contributed by atoms with Gasteiger partial charge >= 0.3 is 0 Å². The lowest BCUT2D eigenvalue weighted by molar-refractivity contribution is 0.0608. The highest BCUT2D eigenvalue weighted by Gasteiger charge is 2.22. The Bertz CT molecular complexity index is 139. The van der Waals surface area contributed by atoms with E-state index in [9.17, 15) is 5.11 Å². The van der Waals surface area contributed by atoms with Gasteiger partial charge in [0.1, 0.15) is 0 Å². The molecule has 0 aliphatic carbocycles. The topological polar surface area (TPSA) is 46.2 Å². The Balaban J connectivity index is 3.79. The lowest BCUT2D eigenvalue weighted by Crippen LogP contribution is -2.36. The molecule has 0 saturated heterocycles. The number of hydrogen-bond acceptors (Lipinski definition) is 3. The predicted octanol–water partition coefficient (Wildman–Crippen LogP) is 2.01. The van der Waals surface area contributed by atoms with E-state index in [4.69, 9.17) is 5.73 Å². The third-order valence-corrected chi connectivity index (χ3v) is 3.64. The predicted molar refractivity (Wildman–Crippen MR) is 61.1 cm³/mol. The van der Waals surface area contributed by atoms with Crippen molar-refractivity contribution in [3.8, 4) is 0 Å². The fraction of sp³-hybridized carbons (Fsp3) is 1.00. The van der Waals surface area contributed by atoms with Crippen LogP contribution >= 0.6 is 11.8 Å². The Morgan fingerprint density at radius 3 is 2.31 bits per heavy atom. The largest absolute Gasteiger partial charge is 0.389 e. The molecule has 0 spiro atoms. The second kappa shape index (κ2) is 5.89. The van der Waals surface area contributed by atoms with Gasteiger partial charge in [-0.3, -0.25) is 0 Å². The molecule has 0 amide bonds. The lowest BCUT2D eigenvalue weighted by atomic mass is 10.0. The first-order valence-electron chi connectivity index (χ1n) is 4.99. The molecule has 0 heterocycles. The van der Waals surface area contributed by atoms with Gasteiger partial charge in [0.2, 0.25) is 0 Å². The third-order valence-electron chi connectivity index (χ3n) is 2.21. The standard InChI is InChI=1S/C10H23NOS/c1-5-8(2)13-9(3)6-10(4,12)7-11/h8-9,12H,5-7,11H2,1-4H3. The van der Waals surface area contributed by atoms with Gasteiger partial charge in [0, 0.05) is 17.0 Å². The van der Waals surface area contributed by atoms with Crippen molar-refractivity contribution in [3.63, 3.8) is 0 Å². The van der Waals surface area contributed by atoms with E-state index in [2.05, 4.69) is 20.8 Å². The fourth-order valence-electron chi connectivity index (χ4n) is 1.24. The minimum Gasteiger partial charge on any atom is -0.389 e. The number of rotatable bonds is 6. The van der Waals surface area contributed by atoms with Crippen molar-refractivity contribution in [1.82, 2.24) is 0 Å². The molecule has 0 rings (SSSR count). The summed E-state index contributed by atoms with van der Waals surface area (Å²) in [7, 11) is 0. The minimum absolute atomic E-state index is 0.346. The molecule has 0 saturated carbocycles. The van der Waals surface area contributed by atoms with E-state index >= 15 is 0 Å². The van der Waals surface area contributed by atoms with Gasteiger partial charge in [-0.05, 0) is 19.8 Å². The molecule has 0 aromatic heterocycles. The zero-order valence-corrected chi connectivity index (χ0v) is 10.0. The zero-order chi connectivity index (χ0) is 10.5. The van der Waals surface area contributed by atoms with Crippen molar-refractivity contribution >= 4 is 11.8 Å². The Labute approximate surface area is 86.3 Å². The van der Waals surface area contributed by atoms with Crippen LogP contribution in [0.15, 0.2) is 0 Å². The van der Waals surface area contributed by atoms with Crippen molar-refractivity contribution < 1.29 is 5.11 Å². The normalized spacial score (nSPS) is 20.8. The highest BCUT2D eigenvalue weighted by Crippen LogP contribution is 2.26. The molecule has 3 N–H and O–H groups in total. The van der Waals surface area contributed by atoms with Crippen LogP contribution in [0.4, 0.5) is 0 Å². The molecular formula is C10H23NOS. The molecule has 2 nitrogen and oxygen atoms in total. The van der Waals surface area contributed by atoms with Crippen molar-refractivity contribution in [3.05, 3.63) is 0 Å². The highest BCUT2D eigenvalue weighted by molar-refractivity contribution is 8.00. The summed E-state index contributed by atoms with van der Waals surface area (Å²) in [5.74, 6) is 0. The van der Waals surface area contributed by atoms with Gasteiger partial charge in [-0.2, -0.15) is 11.8 Å². The molecule has 0 aliphatic rings. The van der Waals surface area contributed by atoms with Crippen LogP contribution in [0.1, 0.15) is 40.5 Å².